The molecule has 1 aromatic carbocycles. The van der Waals surface area contributed by atoms with Gasteiger partial charge in [0.2, 0.25) is 11.8 Å². The predicted molar refractivity (Wildman–Crippen MR) is 114 cm³/mol. The second kappa shape index (κ2) is 10.6. The molecule has 3 rings (SSSR count). The van der Waals surface area contributed by atoms with Gasteiger partial charge >= 0.3 is 6.18 Å². The van der Waals surface area contributed by atoms with Crippen LogP contribution in [0.4, 0.5) is 18.9 Å². The largest absolute Gasteiger partial charge is 0.418 e. The Morgan fingerprint density at radius 1 is 1.09 bits per heavy atom. The third-order valence-electron chi connectivity index (χ3n) is 5.34. The number of anilines is 1. The van der Waals surface area contributed by atoms with Crippen LogP contribution in [-0.2, 0) is 15.8 Å². The number of nitrogens with zero attached hydrogens (tertiary/aromatic N) is 3. The monoisotopic (exact) mass is 449 g/mol. The standard InChI is InChI=1S/C22H26F3N5O2/c1-16(17-5-4-8-26-13-17)27-14-21(32)30-11-9-29(10-12-30)15-20(31)28-19-7-3-2-6-18(19)22(23,24)25/h2-8,13,16,27H,9-12,14-15H2,1H3,(H,28,31). The number of rotatable bonds is 7. The summed E-state index contributed by atoms with van der Waals surface area (Å²) in [5, 5.41) is 5.53. The van der Waals surface area contributed by atoms with Gasteiger partial charge in [0.15, 0.2) is 0 Å². The van der Waals surface area contributed by atoms with Gasteiger partial charge < -0.3 is 15.5 Å². The van der Waals surface area contributed by atoms with E-state index in [1.54, 1.807) is 17.3 Å². The molecule has 172 valence electrons. The zero-order valence-corrected chi connectivity index (χ0v) is 17.7. The van der Waals surface area contributed by atoms with Crippen LogP contribution in [0.25, 0.3) is 0 Å². The average molecular weight is 449 g/mol. The topological polar surface area (TPSA) is 77.6 Å². The molecule has 10 heteroatoms. The van der Waals surface area contributed by atoms with Crippen LogP contribution in [-0.4, -0.2) is 65.9 Å². The van der Waals surface area contributed by atoms with Crippen molar-refractivity contribution in [1.82, 2.24) is 20.1 Å². The molecule has 0 bridgehead atoms. The van der Waals surface area contributed by atoms with Gasteiger partial charge in [0.1, 0.15) is 0 Å². The lowest BCUT2D eigenvalue weighted by Gasteiger charge is -2.34. The number of halogens is 3. The third kappa shape index (κ3) is 6.51. The molecule has 1 aromatic heterocycles. The summed E-state index contributed by atoms with van der Waals surface area (Å²) in [5.74, 6) is -0.558. The maximum Gasteiger partial charge on any atom is 0.418 e. The number of nitrogens with one attached hydrogen (secondary N) is 2. The molecule has 1 fully saturated rings. The van der Waals surface area contributed by atoms with Gasteiger partial charge in [-0.05, 0) is 30.7 Å². The van der Waals surface area contributed by atoms with Crippen molar-refractivity contribution in [2.75, 3.05) is 44.6 Å². The Morgan fingerprint density at radius 3 is 2.47 bits per heavy atom. The Bertz CT molecular complexity index is 915. The highest BCUT2D eigenvalue weighted by Crippen LogP contribution is 2.34. The highest BCUT2D eigenvalue weighted by atomic mass is 19.4. The summed E-state index contributed by atoms with van der Waals surface area (Å²) in [5.41, 5.74) is -0.146. The highest BCUT2D eigenvalue weighted by molar-refractivity contribution is 5.93. The molecule has 0 radical (unpaired) electrons. The Hall–Kier alpha value is -2.98. The summed E-state index contributed by atoms with van der Waals surface area (Å²) in [7, 11) is 0. The predicted octanol–water partition coefficient (Wildman–Crippen LogP) is 2.53. The number of carbonyl (C=O) groups excluding carboxylic acids is 2. The Labute approximate surface area is 184 Å². The second-order valence-corrected chi connectivity index (χ2v) is 7.64. The van der Waals surface area contributed by atoms with Crippen molar-refractivity contribution < 1.29 is 22.8 Å². The number of amides is 2. The lowest BCUT2D eigenvalue weighted by Crippen LogP contribution is -2.52. The van der Waals surface area contributed by atoms with Gasteiger partial charge in [0.25, 0.3) is 0 Å². The third-order valence-corrected chi connectivity index (χ3v) is 5.34. The highest BCUT2D eigenvalue weighted by Gasteiger charge is 2.33. The van der Waals surface area contributed by atoms with Crippen molar-refractivity contribution in [3.63, 3.8) is 0 Å². The van der Waals surface area contributed by atoms with Crippen molar-refractivity contribution in [3.05, 3.63) is 59.9 Å². The first-order valence-electron chi connectivity index (χ1n) is 10.3. The van der Waals surface area contributed by atoms with Crippen LogP contribution < -0.4 is 10.6 Å². The molecule has 1 aliphatic heterocycles. The molecule has 2 amide bonds. The Morgan fingerprint density at radius 2 is 1.81 bits per heavy atom. The van der Waals surface area contributed by atoms with Crippen LogP contribution in [0.3, 0.4) is 0 Å². The van der Waals surface area contributed by atoms with E-state index in [-0.39, 0.29) is 30.7 Å². The fourth-order valence-corrected chi connectivity index (χ4v) is 3.49. The zero-order valence-electron chi connectivity index (χ0n) is 17.7. The van der Waals surface area contributed by atoms with E-state index in [0.29, 0.717) is 26.2 Å². The van der Waals surface area contributed by atoms with Crippen LogP contribution in [0.1, 0.15) is 24.1 Å². The maximum atomic E-state index is 13.1. The van der Waals surface area contributed by atoms with Gasteiger partial charge in [-0.3, -0.25) is 19.5 Å². The van der Waals surface area contributed by atoms with Crippen molar-refractivity contribution in [1.29, 1.82) is 0 Å². The van der Waals surface area contributed by atoms with Gasteiger partial charge in [-0.2, -0.15) is 13.2 Å². The summed E-state index contributed by atoms with van der Waals surface area (Å²) < 4.78 is 39.2. The van der Waals surface area contributed by atoms with E-state index in [1.165, 1.54) is 18.2 Å². The molecular weight excluding hydrogens is 423 g/mol. The smallest absolute Gasteiger partial charge is 0.339 e. The van der Waals surface area contributed by atoms with E-state index in [1.807, 2.05) is 24.0 Å². The molecule has 0 aliphatic carbocycles. The van der Waals surface area contributed by atoms with Gasteiger partial charge in [-0.25, -0.2) is 0 Å². The van der Waals surface area contributed by atoms with Crippen molar-refractivity contribution in [3.8, 4) is 0 Å². The molecule has 0 spiro atoms. The van der Waals surface area contributed by atoms with Crippen molar-refractivity contribution in [2.24, 2.45) is 0 Å². The SMILES string of the molecule is CC(NCC(=O)N1CCN(CC(=O)Nc2ccccc2C(F)(F)F)CC1)c1cccnc1. The maximum absolute atomic E-state index is 13.1. The second-order valence-electron chi connectivity index (χ2n) is 7.64. The molecule has 32 heavy (non-hydrogen) atoms. The molecule has 7 nitrogen and oxygen atoms in total. The summed E-state index contributed by atoms with van der Waals surface area (Å²) in [6, 6.07) is 8.65. The number of alkyl halides is 3. The lowest BCUT2D eigenvalue weighted by atomic mass is 10.1. The number of carbonyl (C=O) groups is 2. The number of para-hydroxylation sites is 1. The van der Waals surface area contributed by atoms with Crippen LogP contribution in [0.15, 0.2) is 48.8 Å². The molecule has 0 saturated carbocycles. The minimum absolute atomic E-state index is 0.0165. The van der Waals surface area contributed by atoms with Gasteiger partial charge in [-0.1, -0.05) is 18.2 Å². The normalized spacial score (nSPS) is 15.9. The van der Waals surface area contributed by atoms with Crippen LogP contribution >= 0.6 is 0 Å². The summed E-state index contributed by atoms with van der Waals surface area (Å²) in [4.78, 5) is 32.4. The molecule has 2 N–H and O–H groups in total. The molecule has 1 saturated heterocycles. The van der Waals surface area contributed by atoms with Crippen LogP contribution in [0, 0.1) is 0 Å². The van der Waals surface area contributed by atoms with E-state index in [4.69, 9.17) is 0 Å². The van der Waals surface area contributed by atoms with E-state index in [2.05, 4.69) is 15.6 Å². The molecule has 2 heterocycles. The van der Waals surface area contributed by atoms with Crippen molar-refractivity contribution in [2.45, 2.75) is 19.1 Å². The summed E-state index contributed by atoms with van der Waals surface area (Å²) in [6.45, 7) is 3.95. The summed E-state index contributed by atoms with van der Waals surface area (Å²) in [6.07, 6.45) is -1.10. The Kier molecular flexibility index (Phi) is 7.81. The Balaban J connectivity index is 1.43. The first kappa shape index (κ1) is 23.7. The quantitative estimate of drug-likeness (QED) is 0.680. The average Bonchev–Trinajstić information content (AvgIpc) is 2.78. The fourth-order valence-electron chi connectivity index (χ4n) is 3.49. The number of aromatic nitrogens is 1. The number of hydrogen-bond donors (Lipinski definition) is 2. The summed E-state index contributed by atoms with van der Waals surface area (Å²) >= 11 is 0. The van der Waals surface area contributed by atoms with Gasteiger partial charge in [-0.15, -0.1) is 0 Å². The molecule has 1 unspecified atom stereocenters. The lowest BCUT2D eigenvalue weighted by molar-refractivity contribution is -0.137. The minimum atomic E-state index is -4.54. The van der Waals surface area contributed by atoms with E-state index >= 15 is 0 Å². The first-order valence-corrected chi connectivity index (χ1v) is 10.3. The first-order chi connectivity index (χ1) is 15.2. The number of piperazine rings is 1. The van der Waals surface area contributed by atoms with Crippen LogP contribution in [0.2, 0.25) is 0 Å². The van der Waals surface area contributed by atoms with Crippen LogP contribution in [0.5, 0.6) is 0 Å². The van der Waals surface area contributed by atoms with E-state index in [9.17, 15) is 22.8 Å². The van der Waals surface area contributed by atoms with Crippen molar-refractivity contribution >= 4 is 17.5 Å². The number of pyridine rings is 1. The number of hydrogen-bond acceptors (Lipinski definition) is 5. The van der Waals surface area contributed by atoms with Gasteiger partial charge in [0.05, 0.1) is 24.3 Å². The van der Waals surface area contributed by atoms with Gasteiger partial charge in [0, 0.05) is 44.6 Å². The fraction of sp³-hybridized carbons (Fsp3) is 0.409. The van der Waals surface area contributed by atoms with E-state index in [0.717, 1.165) is 11.6 Å². The van der Waals surface area contributed by atoms with E-state index < -0.39 is 17.6 Å². The molecule has 1 atom stereocenters. The zero-order chi connectivity index (χ0) is 23.1. The minimum Gasteiger partial charge on any atom is -0.339 e. The molecular formula is C22H26F3N5O2. The molecule has 1 aliphatic rings. The molecule has 2 aromatic rings. The number of benzene rings is 1.